The topological polar surface area (TPSA) is 41.0 Å². The van der Waals surface area contributed by atoms with Gasteiger partial charge in [-0.1, -0.05) is 23.7 Å². The van der Waals surface area contributed by atoms with Crippen molar-refractivity contribution in [2.45, 2.75) is 57.7 Å². The minimum Gasteiger partial charge on any atom is -0.314 e. The van der Waals surface area contributed by atoms with Crippen molar-refractivity contribution in [3.8, 4) is 0 Å². The number of piperidine rings is 2. The number of aromatic nitrogens is 3. The van der Waals surface area contributed by atoms with Gasteiger partial charge in [0.25, 0.3) is 0 Å². The van der Waals surface area contributed by atoms with Crippen molar-refractivity contribution in [3.63, 3.8) is 0 Å². The molecule has 0 radical (unpaired) electrons. The molecular formula is C26H31ClN6. The van der Waals surface area contributed by atoms with Gasteiger partial charge >= 0.3 is 0 Å². The summed E-state index contributed by atoms with van der Waals surface area (Å²) in [7, 11) is 0. The molecule has 1 unspecified atom stereocenters. The van der Waals surface area contributed by atoms with Crippen molar-refractivity contribution < 1.29 is 0 Å². The minimum atomic E-state index is 0.193. The van der Waals surface area contributed by atoms with E-state index in [-0.39, 0.29) is 6.04 Å². The van der Waals surface area contributed by atoms with E-state index in [1.54, 1.807) is 0 Å². The highest BCUT2D eigenvalue weighted by atomic mass is 35.5. The fourth-order valence-corrected chi connectivity index (χ4v) is 5.45. The maximum Gasteiger partial charge on any atom is 0.226 e. The lowest BCUT2D eigenvalue weighted by atomic mass is 9.94. The summed E-state index contributed by atoms with van der Waals surface area (Å²) in [5.41, 5.74) is 5.86. The van der Waals surface area contributed by atoms with E-state index in [1.165, 1.54) is 29.7 Å². The lowest BCUT2D eigenvalue weighted by Gasteiger charge is -2.33. The third-order valence-corrected chi connectivity index (χ3v) is 7.46. The lowest BCUT2D eigenvalue weighted by molar-refractivity contribution is 0.197. The summed E-state index contributed by atoms with van der Waals surface area (Å²) in [5.74, 6) is 0.443. The molecule has 1 aromatic carbocycles. The van der Waals surface area contributed by atoms with E-state index in [4.69, 9.17) is 28.3 Å². The second-order valence-corrected chi connectivity index (χ2v) is 9.94. The number of likely N-dealkylation sites (tertiary alicyclic amines) is 2. The second-order valence-electron chi connectivity index (χ2n) is 9.51. The fraction of sp³-hybridized carbons (Fsp3) is 0.500. The number of fused-ring (bicyclic) bond motifs is 1. The van der Waals surface area contributed by atoms with Crippen LogP contribution in [0.2, 0.25) is 5.02 Å². The van der Waals surface area contributed by atoms with Crippen molar-refractivity contribution >= 4 is 17.2 Å². The number of nitrogens with zero attached hydrogens (tertiary/aromatic N) is 6. The van der Waals surface area contributed by atoms with E-state index >= 15 is 0 Å². The monoisotopic (exact) mass is 462 g/mol. The van der Waals surface area contributed by atoms with Crippen molar-refractivity contribution in [3.05, 3.63) is 75.5 Å². The van der Waals surface area contributed by atoms with Crippen LogP contribution >= 0.6 is 11.6 Å². The highest BCUT2D eigenvalue weighted by Gasteiger charge is 2.27. The van der Waals surface area contributed by atoms with Gasteiger partial charge in [0.2, 0.25) is 6.04 Å². The van der Waals surface area contributed by atoms with Crippen LogP contribution < -0.4 is 0 Å². The van der Waals surface area contributed by atoms with Crippen molar-refractivity contribution in [2.75, 3.05) is 26.2 Å². The molecule has 2 saturated heterocycles. The molecule has 2 aromatic heterocycles. The Hall–Kier alpha value is -2.46. The summed E-state index contributed by atoms with van der Waals surface area (Å²) in [4.78, 5) is 13.5. The molecule has 6 nitrogen and oxygen atoms in total. The first-order valence-corrected chi connectivity index (χ1v) is 12.4. The minimum absolute atomic E-state index is 0.193. The van der Waals surface area contributed by atoms with Gasteiger partial charge in [0.05, 0.1) is 11.4 Å². The van der Waals surface area contributed by atoms with Gasteiger partial charge in [0.15, 0.2) is 5.65 Å². The number of rotatable bonds is 5. The molecule has 4 heterocycles. The summed E-state index contributed by atoms with van der Waals surface area (Å²) < 4.78 is 2.10. The highest BCUT2D eigenvalue weighted by Crippen LogP contribution is 2.29. The molecule has 2 aliphatic heterocycles. The SMILES string of the molecule is [C-]#[N+]C1CCN(Cc2c(C)nn3c(C4CCCN(Cc5ccc(Cl)cc5)C4)ccnc23)CC1. The molecule has 2 aliphatic rings. The summed E-state index contributed by atoms with van der Waals surface area (Å²) in [6.45, 7) is 15.3. The van der Waals surface area contributed by atoms with Crippen LogP contribution in [0.25, 0.3) is 10.5 Å². The summed E-state index contributed by atoms with van der Waals surface area (Å²) in [6, 6.07) is 10.5. The first-order chi connectivity index (χ1) is 16.1. The molecule has 33 heavy (non-hydrogen) atoms. The second kappa shape index (κ2) is 9.80. The molecule has 2 fully saturated rings. The van der Waals surface area contributed by atoms with Crippen LogP contribution in [0.15, 0.2) is 36.5 Å². The highest BCUT2D eigenvalue weighted by molar-refractivity contribution is 6.30. The van der Waals surface area contributed by atoms with E-state index in [1.807, 2.05) is 18.3 Å². The van der Waals surface area contributed by atoms with Gasteiger partial charge in [0, 0.05) is 68.3 Å². The Labute approximate surface area is 201 Å². The van der Waals surface area contributed by atoms with Gasteiger partial charge in [0.1, 0.15) is 0 Å². The van der Waals surface area contributed by atoms with Crippen LogP contribution in [0.1, 0.15) is 54.1 Å². The van der Waals surface area contributed by atoms with Crippen molar-refractivity contribution in [2.24, 2.45) is 0 Å². The average molecular weight is 463 g/mol. The molecular weight excluding hydrogens is 432 g/mol. The quantitative estimate of drug-likeness (QED) is 0.503. The zero-order chi connectivity index (χ0) is 22.8. The van der Waals surface area contributed by atoms with Gasteiger partial charge in [-0.15, -0.1) is 0 Å². The van der Waals surface area contributed by atoms with Gasteiger partial charge < -0.3 is 4.85 Å². The lowest BCUT2D eigenvalue weighted by Crippen LogP contribution is -2.34. The number of benzene rings is 1. The van der Waals surface area contributed by atoms with Crippen LogP contribution in [0.3, 0.4) is 0 Å². The van der Waals surface area contributed by atoms with Gasteiger partial charge in [-0.25, -0.2) is 16.1 Å². The molecule has 3 aromatic rings. The maximum absolute atomic E-state index is 7.28. The number of hydrogen-bond acceptors (Lipinski definition) is 4. The summed E-state index contributed by atoms with van der Waals surface area (Å²) in [5, 5.41) is 5.74. The maximum atomic E-state index is 7.28. The first-order valence-electron chi connectivity index (χ1n) is 12.0. The molecule has 0 aliphatic carbocycles. The van der Waals surface area contributed by atoms with Gasteiger partial charge in [-0.05, 0) is 50.1 Å². The number of halogens is 1. The molecule has 0 bridgehead atoms. The van der Waals surface area contributed by atoms with Crippen LogP contribution in [-0.4, -0.2) is 56.6 Å². The van der Waals surface area contributed by atoms with E-state index in [0.717, 1.165) is 68.5 Å². The Morgan fingerprint density at radius 3 is 2.58 bits per heavy atom. The van der Waals surface area contributed by atoms with Crippen molar-refractivity contribution in [1.29, 1.82) is 0 Å². The fourth-order valence-electron chi connectivity index (χ4n) is 5.33. The molecule has 1 atom stereocenters. The number of hydrogen-bond donors (Lipinski definition) is 0. The predicted octanol–water partition coefficient (Wildman–Crippen LogP) is 4.95. The molecule has 5 rings (SSSR count). The van der Waals surface area contributed by atoms with Crippen molar-refractivity contribution in [1.82, 2.24) is 24.4 Å². The average Bonchev–Trinajstić information content (AvgIpc) is 3.16. The van der Waals surface area contributed by atoms with Crippen LogP contribution in [-0.2, 0) is 13.1 Å². The van der Waals surface area contributed by atoms with Crippen LogP contribution in [0, 0.1) is 13.5 Å². The van der Waals surface area contributed by atoms with Crippen LogP contribution in [0.5, 0.6) is 0 Å². The molecule has 0 saturated carbocycles. The smallest absolute Gasteiger partial charge is 0.226 e. The third kappa shape index (κ3) is 4.91. The molecule has 0 N–H and O–H groups in total. The Morgan fingerprint density at radius 2 is 1.82 bits per heavy atom. The Bertz CT molecular complexity index is 1140. The van der Waals surface area contributed by atoms with E-state index in [2.05, 4.69) is 44.3 Å². The molecule has 7 heteroatoms. The predicted molar refractivity (Wildman–Crippen MR) is 131 cm³/mol. The largest absolute Gasteiger partial charge is 0.314 e. The van der Waals surface area contributed by atoms with Gasteiger partial charge in [-0.2, -0.15) is 5.10 Å². The van der Waals surface area contributed by atoms with E-state index in [0.29, 0.717) is 5.92 Å². The Morgan fingerprint density at radius 1 is 1.03 bits per heavy atom. The standard InChI is InChI=1S/C26H31ClN6/c1-19-24(18-31-14-10-23(28-2)11-15-31)26-29-12-9-25(33(26)30-19)21-4-3-13-32(17-21)16-20-5-7-22(27)8-6-20/h5-9,12,21,23H,3-4,10-11,13-18H2,1H3. The zero-order valence-corrected chi connectivity index (χ0v) is 20.0. The van der Waals surface area contributed by atoms with Gasteiger partial charge in [-0.3, -0.25) is 9.80 Å². The first kappa shape index (κ1) is 22.3. The third-order valence-electron chi connectivity index (χ3n) is 7.21. The van der Waals surface area contributed by atoms with E-state index < -0.39 is 0 Å². The Kier molecular flexibility index (Phi) is 6.64. The summed E-state index contributed by atoms with van der Waals surface area (Å²) >= 11 is 6.06. The molecule has 172 valence electrons. The van der Waals surface area contributed by atoms with E-state index in [9.17, 15) is 0 Å². The zero-order valence-electron chi connectivity index (χ0n) is 19.3. The Balaban J connectivity index is 1.34. The molecule has 0 amide bonds. The van der Waals surface area contributed by atoms with Crippen LogP contribution in [0.4, 0.5) is 0 Å². The number of aryl methyl sites for hydroxylation is 1. The summed E-state index contributed by atoms with van der Waals surface area (Å²) in [6.07, 6.45) is 6.25. The molecule has 0 spiro atoms. The normalized spacial score (nSPS) is 20.8.